The van der Waals surface area contributed by atoms with Crippen molar-refractivity contribution in [3.8, 4) is 0 Å². The third kappa shape index (κ3) is 4.82. The van der Waals surface area contributed by atoms with E-state index < -0.39 is 0 Å². The molecule has 1 aliphatic rings. The van der Waals surface area contributed by atoms with E-state index in [0.717, 1.165) is 31.1 Å². The average molecular weight is 289 g/mol. The smallest absolute Gasteiger partial charge is 0.0916 e. The molecule has 1 aromatic rings. The van der Waals surface area contributed by atoms with Gasteiger partial charge in [0, 0.05) is 6.54 Å². The molecule has 1 saturated heterocycles. The Balaban J connectivity index is 1.83. The van der Waals surface area contributed by atoms with Crippen LogP contribution < -0.4 is 0 Å². The standard InChI is InChI=1S/C19H31NO/c1-4-5-16-10-12-20(13-11-16)14-19(21)18-8-6-17(7-9-18)15(2)3/h6-9,15-16,19,21H,4-5,10-14H2,1-3H3. The fourth-order valence-electron chi connectivity index (χ4n) is 3.32. The summed E-state index contributed by atoms with van der Waals surface area (Å²) >= 11 is 0. The van der Waals surface area contributed by atoms with Crippen molar-refractivity contribution in [2.75, 3.05) is 19.6 Å². The molecule has 1 aliphatic heterocycles. The van der Waals surface area contributed by atoms with Crippen molar-refractivity contribution in [2.45, 2.75) is 58.5 Å². The van der Waals surface area contributed by atoms with Crippen molar-refractivity contribution in [1.82, 2.24) is 4.90 Å². The number of hydrogen-bond donors (Lipinski definition) is 1. The van der Waals surface area contributed by atoms with Crippen LogP contribution in [0.3, 0.4) is 0 Å². The van der Waals surface area contributed by atoms with E-state index in [-0.39, 0.29) is 6.10 Å². The molecular formula is C19H31NO. The van der Waals surface area contributed by atoms with E-state index in [2.05, 4.69) is 49.9 Å². The van der Waals surface area contributed by atoms with Gasteiger partial charge in [0.2, 0.25) is 0 Å². The van der Waals surface area contributed by atoms with Gasteiger partial charge in [-0.3, -0.25) is 0 Å². The molecule has 1 unspecified atom stereocenters. The molecule has 0 amide bonds. The van der Waals surface area contributed by atoms with Crippen LogP contribution in [0.1, 0.15) is 69.6 Å². The van der Waals surface area contributed by atoms with E-state index >= 15 is 0 Å². The fraction of sp³-hybridized carbons (Fsp3) is 0.684. The molecule has 118 valence electrons. The lowest BCUT2D eigenvalue weighted by molar-refractivity contribution is 0.0879. The van der Waals surface area contributed by atoms with Crippen LogP contribution in [0.15, 0.2) is 24.3 Å². The zero-order valence-electron chi connectivity index (χ0n) is 13.9. The van der Waals surface area contributed by atoms with Crippen LogP contribution in [0.25, 0.3) is 0 Å². The van der Waals surface area contributed by atoms with Gasteiger partial charge in [-0.2, -0.15) is 0 Å². The molecule has 2 nitrogen and oxygen atoms in total. The Morgan fingerprint density at radius 2 is 1.67 bits per heavy atom. The summed E-state index contributed by atoms with van der Waals surface area (Å²) in [4.78, 5) is 2.42. The zero-order chi connectivity index (χ0) is 15.2. The first-order valence-corrected chi connectivity index (χ1v) is 8.60. The molecule has 0 aromatic heterocycles. The summed E-state index contributed by atoms with van der Waals surface area (Å²) in [7, 11) is 0. The number of benzene rings is 1. The fourth-order valence-corrected chi connectivity index (χ4v) is 3.32. The van der Waals surface area contributed by atoms with Gasteiger partial charge in [-0.25, -0.2) is 0 Å². The maximum atomic E-state index is 10.4. The molecule has 1 N–H and O–H groups in total. The summed E-state index contributed by atoms with van der Waals surface area (Å²) in [6.07, 6.45) is 4.91. The highest BCUT2D eigenvalue weighted by molar-refractivity contribution is 5.26. The van der Waals surface area contributed by atoms with Gasteiger partial charge < -0.3 is 10.0 Å². The van der Waals surface area contributed by atoms with Gasteiger partial charge in [0.15, 0.2) is 0 Å². The Kier molecular flexibility index (Phi) is 6.25. The lowest BCUT2D eigenvalue weighted by Crippen LogP contribution is -2.36. The van der Waals surface area contributed by atoms with Crippen LogP contribution >= 0.6 is 0 Å². The SMILES string of the molecule is CCCC1CCN(CC(O)c2ccc(C(C)C)cc2)CC1. The monoisotopic (exact) mass is 289 g/mol. The molecule has 2 heteroatoms. The molecule has 0 aliphatic carbocycles. The van der Waals surface area contributed by atoms with E-state index in [1.807, 2.05) is 0 Å². The minimum Gasteiger partial charge on any atom is -0.387 e. The van der Waals surface area contributed by atoms with Crippen LogP contribution in [-0.4, -0.2) is 29.6 Å². The third-order valence-corrected chi connectivity index (χ3v) is 4.82. The topological polar surface area (TPSA) is 23.5 Å². The molecule has 0 spiro atoms. The molecule has 0 radical (unpaired) electrons. The maximum absolute atomic E-state index is 10.4. The molecule has 1 aromatic carbocycles. The highest BCUT2D eigenvalue weighted by Gasteiger charge is 2.21. The summed E-state index contributed by atoms with van der Waals surface area (Å²) in [5.41, 5.74) is 2.39. The van der Waals surface area contributed by atoms with Gasteiger partial charge in [0.1, 0.15) is 0 Å². The normalized spacial score (nSPS) is 19.1. The maximum Gasteiger partial charge on any atom is 0.0916 e. The van der Waals surface area contributed by atoms with Crippen molar-refractivity contribution in [2.24, 2.45) is 5.92 Å². The summed E-state index contributed by atoms with van der Waals surface area (Å²) < 4.78 is 0. The lowest BCUT2D eigenvalue weighted by Gasteiger charge is -2.33. The number of rotatable bonds is 6. The van der Waals surface area contributed by atoms with Gasteiger partial charge in [-0.05, 0) is 48.9 Å². The number of hydrogen-bond acceptors (Lipinski definition) is 2. The highest BCUT2D eigenvalue weighted by atomic mass is 16.3. The first kappa shape index (κ1) is 16.5. The largest absolute Gasteiger partial charge is 0.387 e. The lowest BCUT2D eigenvalue weighted by atomic mass is 9.92. The van der Waals surface area contributed by atoms with Crippen molar-refractivity contribution >= 4 is 0 Å². The Hall–Kier alpha value is -0.860. The summed E-state index contributed by atoms with van der Waals surface area (Å²) in [5.74, 6) is 1.46. The van der Waals surface area contributed by atoms with Gasteiger partial charge in [-0.1, -0.05) is 57.9 Å². The van der Waals surface area contributed by atoms with E-state index in [9.17, 15) is 5.11 Å². The quantitative estimate of drug-likeness (QED) is 0.841. The van der Waals surface area contributed by atoms with Crippen LogP contribution in [0, 0.1) is 5.92 Å². The predicted molar refractivity (Wildman–Crippen MR) is 89.6 cm³/mol. The molecule has 1 heterocycles. The molecule has 21 heavy (non-hydrogen) atoms. The number of β-amino-alcohol motifs (C(OH)–C–C–N with tert-alkyl or cyclic N) is 1. The Labute approximate surface area is 130 Å². The Morgan fingerprint density at radius 1 is 1.10 bits per heavy atom. The second kappa shape index (κ2) is 7.95. The van der Waals surface area contributed by atoms with E-state index in [1.165, 1.54) is 31.2 Å². The Bertz CT molecular complexity index is 404. The van der Waals surface area contributed by atoms with E-state index in [0.29, 0.717) is 5.92 Å². The number of aliphatic hydroxyl groups is 1. The molecular weight excluding hydrogens is 258 g/mol. The van der Waals surface area contributed by atoms with Gasteiger partial charge in [-0.15, -0.1) is 0 Å². The van der Waals surface area contributed by atoms with Crippen molar-refractivity contribution < 1.29 is 5.11 Å². The summed E-state index contributed by atoms with van der Waals surface area (Å²) in [5, 5.41) is 10.4. The number of aliphatic hydroxyl groups excluding tert-OH is 1. The van der Waals surface area contributed by atoms with Crippen LogP contribution in [0.2, 0.25) is 0 Å². The minimum absolute atomic E-state index is 0.353. The van der Waals surface area contributed by atoms with Crippen LogP contribution in [0.5, 0.6) is 0 Å². The second-order valence-corrected chi connectivity index (χ2v) is 6.87. The molecule has 1 atom stereocenters. The van der Waals surface area contributed by atoms with Gasteiger partial charge >= 0.3 is 0 Å². The third-order valence-electron chi connectivity index (χ3n) is 4.82. The molecule has 0 bridgehead atoms. The van der Waals surface area contributed by atoms with Gasteiger partial charge in [0.25, 0.3) is 0 Å². The van der Waals surface area contributed by atoms with E-state index in [4.69, 9.17) is 0 Å². The summed E-state index contributed by atoms with van der Waals surface area (Å²) in [6.45, 7) is 9.74. The minimum atomic E-state index is -0.353. The van der Waals surface area contributed by atoms with Crippen molar-refractivity contribution in [3.63, 3.8) is 0 Å². The first-order chi connectivity index (χ1) is 10.1. The first-order valence-electron chi connectivity index (χ1n) is 8.60. The highest BCUT2D eigenvalue weighted by Crippen LogP contribution is 2.24. The number of likely N-dealkylation sites (tertiary alicyclic amines) is 1. The zero-order valence-corrected chi connectivity index (χ0v) is 13.9. The number of nitrogens with zero attached hydrogens (tertiary/aromatic N) is 1. The average Bonchev–Trinajstić information content (AvgIpc) is 2.49. The molecule has 2 rings (SSSR count). The predicted octanol–water partition coefficient (Wildman–Crippen LogP) is 4.36. The Morgan fingerprint density at radius 3 is 2.19 bits per heavy atom. The van der Waals surface area contributed by atoms with E-state index in [1.54, 1.807) is 0 Å². The van der Waals surface area contributed by atoms with Crippen molar-refractivity contribution in [3.05, 3.63) is 35.4 Å². The van der Waals surface area contributed by atoms with Crippen LogP contribution in [-0.2, 0) is 0 Å². The van der Waals surface area contributed by atoms with Crippen molar-refractivity contribution in [1.29, 1.82) is 0 Å². The molecule has 0 saturated carbocycles. The number of piperidine rings is 1. The second-order valence-electron chi connectivity index (χ2n) is 6.87. The molecule has 1 fully saturated rings. The van der Waals surface area contributed by atoms with Crippen LogP contribution in [0.4, 0.5) is 0 Å². The van der Waals surface area contributed by atoms with Gasteiger partial charge in [0.05, 0.1) is 6.10 Å². The summed E-state index contributed by atoms with van der Waals surface area (Å²) in [6, 6.07) is 8.47.